The Labute approximate surface area is 157 Å². The van der Waals surface area contributed by atoms with Crippen molar-refractivity contribution in [2.45, 2.75) is 30.7 Å². The van der Waals surface area contributed by atoms with Gasteiger partial charge in [-0.1, -0.05) is 67.2 Å². The first-order chi connectivity index (χ1) is 12.7. The van der Waals surface area contributed by atoms with Gasteiger partial charge in [0.15, 0.2) is 11.0 Å². The second kappa shape index (κ2) is 8.67. The Morgan fingerprint density at radius 3 is 2.31 bits per heavy atom. The van der Waals surface area contributed by atoms with Crippen molar-refractivity contribution in [1.29, 1.82) is 0 Å². The van der Waals surface area contributed by atoms with Crippen LogP contribution < -0.4 is 0 Å². The number of hydrogen-bond donors (Lipinski definition) is 0. The quantitative estimate of drug-likeness (QED) is 0.458. The van der Waals surface area contributed by atoms with Gasteiger partial charge in [0.2, 0.25) is 0 Å². The number of ether oxygens (including phenoxy) is 1. The van der Waals surface area contributed by atoms with Crippen molar-refractivity contribution in [3.8, 4) is 17.1 Å². The Bertz CT molecular complexity index is 850. The van der Waals surface area contributed by atoms with Gasteiger partial charge in [-0.3, -0.25) is 9.36 Å². The molecule has 0 aliphatic heterocycles. The van der Waals surface area contributed by atoms with Crippen molar-refractivity contribution in [1.82, 2.24) is 14.8 Å². The molecule has 0 N–H and O–H groups in total. The van der Waals surface area contributed by atoms with Crippen LogP contribution >= 0.6 is 11.8 Å². The van der Waals surface area contributed by atoms with Gasteiger partial charge in [-0.2, -0.15) is 0 Å². The topological polar surface area (TPSA) is 57.0 Å². The Hall–Kier alpha value is -2.60. The summed E-state index contributed by atoms with van der Waals surface area (Å²) in [5.74, 6) is 0.530. The predicted octanol–water partition coefficient (Wildman–Crippen LogP) is 4.37. The molecule has 1 unspecified atom stereocenters. The zero-order valence-corrected chi connectivity index (χ0v) is 15.6. The summed E-state index contributed by atoms with van der Waals surface area (Å²) >= 11 is 1.39. The maximum Gasteiger partial charge on any atom is 0.319 e. The molecule has 5 nitrogen and oxygen atoms in total. The van der Waals surface area contributed by atoms with Crippen molar-refractivity contribution >= 4 is 17.7 Å². The lowest BCUT2D eigenvalue weighted by molar-refractivity contribution is -0.142. The van der Waals surface area contributed by atoms with Gasteiger partial charge in [0, 0.05) is 11.3 Å². The Morgan fingerprint density at radius 1 is 1.04 bits per heavy atom. The van der Waals surface area contributed by atoms with E-state index in [-0.39, 0.29) is 11.2 Å². The van der Waals surface area contributed by atoms with Crippen molar-refractivity contribution in [3.05, 3.63) is 60.7 Å². The second-order valence-electron chi connectivity index (χ2n) is 5.61. The number of thioether (sulfide) groups is 1. The molecule has 0 radical (unpaired) electrons. The third-order valence-corrected chi connectivity index (χ3v) is 5.13. The van der Waals surface area contributed by atoms with E-state index >= 15 is 0 Å². The lowest BCUT2D eigenvalue weighted by Crippen LogP contribution is -2.20. The maximum atomic E-state index is 12.2. The van der Waals surface area contributed by atoms with Crippen LogP contribution in [0.15, 0.2) is 65.8 Å². The average molecular weight is 367 g/mol. The van der Waals surface area contributed by atoms with E-state index < -0.39 is 0 Å². The summed E-state index contributed by atoms with van der Waals surface area (Å²) in [5.41, 5.74) is 1.93. The Morgan fingerprint density at radius 2 is 1.69 bits per heavy atom. The fourth-order valence-corrected chi connectivity index (χ4v) is 3.56. The molecule has 0 fully saturated rings. The molecule has 134 valence electrons. The highest BCUT2D eigenvalue weighted by Crippen LogP contribution is 2.31. The van der Waals surface area contributed by atoms with Crippen LogP contribution in [-0.2, 0) is 9.53 Å². The molecular weight excluding hydrogens is 346 g/mol. The molecule has 1 heterocycles. The molecule has 3 aromatic rings. The summed E-state index contributed by atoms with van der Waals surface area (Å²) in [6.07, 6.45) is 0.659. The second-order valence-corrected chi connectivity index (χ2v) is 6.78. The number of esters is 1. The van der Waals surface area contributed by atoms with Gasteiger partial charge in [-0.05, 0) is 25.5 Å². The van der Waals surface area contributed by atoms with Gasteiger partial charge in [-0.15, -0.1) is 10.2 Å². The van der Waals surface area contributed by atoms with Gasteiger partial charge in [0.05, 0.1) is 6.61 Å². The molecule has 1 atom stereocenters. The largest absolute Gasteiger partial charge is 0.465 e. The molecule has 26 heavy (non-hydrogen) atoms. The molecule has 0 aliphatic carbocycles. The summed E-state index contributed by atoms with van der Waals surface area (Å²) in [6.45, 7) is 4.15. The lowest BCUT2D eigenvalue weighted by atomic mass is 10.2. The van der Waals surface area contributed by atoms with E-state index in [1.54, 1.807) is 0 Å². The van der Waals surface area contributed by atoms with Crippen LogP contribution in [0, 0.1) is 0 Å². The Balaban J connectivity index is 2.03. The highest BCUT2D eigenvalue weighted by atomic mass is 32.2. The van der Waals surface area contributed by atoms with Crippen molar-refractivity contribution in [2.24, 2.45) is 0 Å². The summed E-state index contributed by atoms with van der Waals surface area (Å²) in [4.78, 5) is 12.2. The molecule has 0 spiro atoms. The van der Waals surface area contributed by atoms with Crippen LogP contribution in [0.5, 0.6) is 0 Å². The van der Waals surface area contributed by atoms with Crippen LogP contribution in [0.3, 0.4) is 0 Å². The number of carbonyl (C=O) groups is 1. The molecule has 0 bridgehead atoms. The van der Waals surface area contributed by atoms with E-state index in [4.69, 9.17) is 4.74 Å². The minimum Gasteiger partial charge on any atom is -0.465 e. The minimum absolute atomic E-state index is 0.219. The van der Waals surface area contributed by atoms with Crippen LogP contribution in [0.2, 0.25) is 0 Å². The van der Waals surface area contributed by atoms with Crippen LogP contribution in [0.4, 0.5) is 0 Å². The number of hydrogen-bond acceptors (Lipinski definition) is 5. The standard InChI is InChI=1S/C20H21N3O2S/c1-3-17(19(24)25-4-2)26-20-22-21-18(15-11-7-5-8-12-15)23(20)16-13-9-6-10-14-16/h5-14,17H,3-4H2,1-2H3. The van der Waals surface area contributed by atoms with E-state index in [1.165, 1.54) is 11.8 Å². The van der Waals surface area contributed by atoms with Crippen LogP contribution in [0.25, 0.3) is 17.1 Å². The molecule has 3 rings (SSSR count). The number of aromatic nitrogens is 3. The van der Waals surface area contributed by atoms with Crippen molar-refractivity contribution in [2.75, 3.05) is 6.61 Å². The van der Waals surface area contributed by atoms with E-state index in [0.717, 1.165) is 17.1 Å². The molecule has 0 aliphatic rings. The van der Waals surface area contributed by atoms with E-state index in [9.17, 15) is 4.79 Å². The first kappa shape index (κ1) is 18.2. The third kappa shape index (κ3) is 3.96. The van der Waals surface area contributed by atoms with Crippen molar-refractivity contribution in [3.63, 3.8) is 0 Å². The highest BCUT2D eigenvalue weighted by Gasteiger charge is 2.24. The van der Waals surface area contributed by atoms with Gasteiger partial charge < -0.3 is 4.74 Å². The monoisotopic (exact) mass is 367 g/mol. The minimum atomic E-state index is -0.315. The first-order valence-corrected chi connectivity index (χ1v) is 9.52. The van der Waals surface area contributed by atoms with Crippen LogP contribution in [0.1, 0.15) is 20.3 Å². The number of para-hydroxylation sites is 1. The molecule has 2 aromatic carbocycles. The summed E-state index contributed by atoms with van der Waals surface area (Å²) in [7, 11) is 0. The lowest BCUT2D eigenvalue weighted by Gasteiger charge is -2.14. The zero-order valence-electron chi connectivity index (χ0n) is 14.8. The first-order valence-electron chi connectivity index (χ1n) is 8.64. The smallest absolute Gasteiger partial charge is 0.319 e. The summed E-state index contributed by atoms with van der Waals surface area (Å²) < 4.78 is 7.17. The molecular formula is C20H21N3O2S. The summed E-state index contributed by atoms with van der Waals surface area (Å²) in [5, 5.41) is 9.12. The number of benzene rings is 2. The fraction of sp³-hybridized carbons (Fsp3) is 0.250. The van der Waals surface area contributed by atoms with E-state index in [0.29, 0.717) is 18.2 Å². The zero-order chi connectivity index (χ0) is 18.4. The number of rotatable bonds is 7. The normalized spacial score (nSPS) is 11.9. The van der Waals surface area contributed by atoms with Crippen molar-refractivity contribution < 1.29 is 9.53 Å². The SMILES string of the molecule is CCOC(=O)C(CC)Sc1nnc(-c2ccccc2)n1-c1ccccc1. The van der Waals surface area contributed by atoms with Gasteiger partial charge >= 0.3 is 5.97 Å². The van der Waals surface area contributed by atoms with Crippen LogP contribution in [-0.4, -0.2) is 32.6 Å². The molecule has 0 saturated carbocycles. The molecule has 0 amide bonds. The average Bonchev–Trinajstić information content (AvgIpc) is 3.11. The third-order valence-electron chi connectivity index (χ3n) is 3.85. The predicted molar refractivity (Wildman–Crippen MR) is 103 cm³/mol. The fourth-order valence-electron chi connectivity index (χ4n) is 2.59. The maximum absolute atomic E-state index is 12.2. The molecule has 0 saturated heterocycles. The Kier molecular flexibility index (Phi) is 6.07. The van der Waals surface area contributed by atoms with Gasteiger partial charge in [0.1, 0.15) is 5.25 Å². The van der Waals surface area contributed by atoms with Gasteiger partial charge in [0.25, 0.3) is 0 Å². The highest BCUT2D eigenvalue weighted by molar-refractivity contribution is 8.00. The number of nitrogens with zero attached hydrogens (tertiary/aromatic N) is 3. The van der Waals surface area contributed by atoms with E-state index in [2.05, 4.69) is 10.2 Å². The molecule has 1 aromatic heterocycles. The summed E-state index contributed by atoms with van der Waals surface area (Å²) in [6, 6.07) is 19.8. The molecule has 6 heteroatoms. The van der Waals surface area contributed by atoms with E-state index in [1.807, 2.05) is 79.1 Å². The number of carbonyl (C=O) groups excluding carboxylic acids is 1. The van der Waals surface area contributed by atoms with Gasteiger partial charge in [-0.25, -0.2) is 0 Å².